The highest BCUT2D eigenvalue weighted by atomic mass is 14.1. The molecular weight excluding hydrogens is 192 g/mol. The van der Waals surface area contributed by atoms with Gasteiger partial charge in [-0.05, 0) is 61.6 Å². The highest BCUT2D eigenvalue weighted by Crippen LogP contribution is 2.28. The number of aryl methyl sites for hydroxylation is 3. The smallest absolute Gasteiger partial charge is 0.0149 e. The first-order chi connectivity index (χ1) is 7.59. The topological polar surface area (TPSA) is 0 Å². The molecule has 0 bridgehead atoms. The second-order valence-corrected chi connectivity index (χ2v) is 4.46. The summed E-state index contributed by atoms with van der Waals surface area (Å²) in [4.78, 5) is 0. The predicted molar refractivity (Wildman–Crippen MR) is 69.7 cm³/mol. The van der Waals surface area contributed by atoms with Crippen molar-refractivity contribution in [1.29, 1.82) is 0 Å². The van der Waals surface area contributed by atoms with E-state index in [1.807, 2.05) is 6.07 Å². The van der Waals surface area contributed by atoms with Crippen LogP contribution in [0.5, 0.6) is 0 Å². The van der Waals surface area contributed by atoms with Gasteiger partial charge in [-0.25, -0.2) is 0 Å². The summed E-state index contributed by atoms with van der Waals surface area (Å²) in [6.07, 6.45) is 0. The molecule has 0 heterocycles. The molecule has 2 aromatic rings. The molecule has 0 nitrogen and oxygen atoms in total. The molecule has 0 aromatic heterocycles. The maximum Gasteiger partial charge on any atom is -0.0149 e. The number of benzene rings is 2. The van der Waals surface area contributed by atoms with Crippen LogP contribution in [0, 0.1) is 33.8 Å². The molecule has 0 aliphatic rings. The lowest BCUT2D eigenvalue weighted by Gasteiger charge is -2.12. The molecule has 0 heteroatoms. The van der Waals surface area contributed by atoms with Crippen molar-refractivity contribution in [1.82, 2.24) is 0 Å². The Bertz CT molecular complexity index is 522. The number of rotatable bonds is 1. The lowest BCUT2D eigenvalue weighted by molar-refractivity contribution is 1.31. The van der Waals surface area contributed by atoms with Gasteiger partial charge in [-0.3, -0.25) is 0 Å². The van der Waals surface area contributed by atoms with Crippen molar-refractivity contribution in [2.24, 2.45) is 0 Å². The summed E-state index contributed by atoms with van der Waals surface area (Å²) in [6.45, 7) is 8.59. The molecule has 0 aliphatic carbocycles. The van der Waals surface area contributed by atoms with E-state index in [-0.39, 0.29) is 0 Å². The van der Waals surface area contributed by atoms with Crippen LogP contribution in [0.3, 0.4) is 0 Å². The van der Waals surface area contributed by atoms with Gasteiger partial charge in [-0.1, -0.05) is 35.9 Å². The van der Waals surface area contributed by atoms with E-state index in [1.54, 1.807) is 0 Å². The molecule has 0 aliphatic heterocycles. The van der Waals surface area contributed by atoms with Crippen LogP contribution >= 0.6 is 0 Å². The van der Waals surface area contributed by atoms with Crippen molar-refractivity contribution in [3.63, 3.8) is 0 Å². The highest BCUT2D eigenvalue weighted by Gasteiger charge is 2.06. The third-order valence-corrected chi connectivity index (χ3v) is 3.20. The van der Waals surface area contributed by atoms with Crippen molar-refractivity contribution < 1.29 is 0 Å². The average molecular weight is 209 g/mol. The van der Waals surface area contributed by atoms with Gasteiger partial charge in [0.2, 0.25) is 0 Å². The number of hydrogen-bond acceptors (Lipinski definition) is 0. The molecule has 1 radical (unpaired) electrons. The molecule has 0 N–H and O–H groups in total. The highest BCUT2D eigenvalue weighted by molar-refractivity contribution is 5.71. The molecular formula is C16H17. The van der Waals surface area contributed by atoms with Crippen molar-refractivity contribution in [2.75, 3.05) is 0 Å². The van der Waals surface area contributed by atoms with Gasteiger partial charge in [0.1, 0.15) is 0 Å². The van der Waals surface area contributed by atoms with Gasteiger partial charge in [0.05, 0.1) is 0 Å². The first-order valence-electron chi connectivity index (χ1n) is 5.65. The summed E-state index contributed by atoms with van der Waals surface area (Å²) < 4.78 is 0. The van der Waals surface area contributed by atoms with Crippen LogP contribution in [0.2, 0.25) is 0 Å². The second kappa shape index (κ2) is 4.13. The van der Waals surface area contributed by atoms with Crippen LogP contribution < -0.4 is 0 Å². The molecule has 0 spiro atoms. The normalized spacial score (nSPS) is 10.5. The van der Waals surface area contributed by atoms with E-state index < -0.39 is 0 Å². The minimum Gasteiger partial charge on any atom is -0.0590 e. The summed E-state index contributed by atoms with van der Waals surface area (Å²) in [5, 5.41) is 0. The van der Waals surface area contributed by atoms with E-state index in [0.717, 1.165) is 0 Å². The maximum absolute atomic E-state index is 3.24. The lowest BCUT2D eigenvalue weighted by atomic mass is 9.93. The Morgan fingerprint density at radius 3 is 2.38 bits per heavy atom. The Labute approximate surface area is 97.9 Å². The first-order valence-corrected chi connectivity index (χ1v) is 5.65. The third-order valence-electron chi connectivity index (χ3n) is 3.20. The monoisotopic (exact) mass is 209 g/mol. The Hall–Kier alpha value is -1.56. The van der Waals surface area contributed by atoms with E-state index in [0.29, 0.717) is 0 Å². The number of hydrogen-bond donors (Lipinski definition) is 0. The van der Waals surface area contributed by atoms with Crippen molar-refractivity contribution in [3.05, 3.63) is 58.7 Å². The van der Waals surface area contributed by atoms with Gasteiger partial charge in [0, 0.05) is 0 Å². The molecule has 0 saturated heterocycles. The van der Waals surface area contributed by atoms with E-state index in [1.165, 1.54) is 33.4 Å². The maximum atomic E-state index is 3.24. The van der Waals surface area contributed by atoms with Crippen LogP contribution in [0.15, 0.2) is 30.3 Å². The second-order valence-electron chi connectivity index (χ2n) is 4.46. The Kier molecular flexibility index (Phi) is 2.82. The molecule has 0 atom stereocenters. The van der Waals surface area contributed by atoms with Crippen LogP contribution in [-0.2, 0) is 0 Å². The first kappa shape index (κ1) is 10.9. The van der Waals surface area contributed by atoms with E-state index in [4.69, 9.17) is 0 Å². The van der Waals surface area contributed by atoms with Crippen molar-refractivity contribution in [2.45, 2.75) is 27.7 Å². The standard InChI is InChI=1S/C16H17/c1-11-8-9-13(3)16(10-11)15-7-5-6-12(2)14(15)4/h5,7-10H,1-4H3. The van der Waals surface area contributed by atoms with Crippen LogP contribution in [0.4, 0.5) is 0 Å². The summed E-state index contributed by atoms with van der Waals surface area (Å²) in [5.41, 5.74) is 7.88. The largest absolute Gasteiger partial charge is 0.0590 e. The molecule has 2 rings (SSSR count). The summed E-state index contributed by atoms with van der Waals surface area (Å²) >= 11 is 0. The molecule has 0 unspecified atom stereocenters. The average Bonchev–Trinajstić information content (AvgIpc) is 2.26. The molecule has 16 heavy (non-hydrogen) atoms. The summed E-state index contributed by atoms with van der Waals surface area (Å²) in [6, 6.07) is 14.0. The SMILES string of the molecule is Cc1ccc(C)c(-c2cc[c]c(C)c2C)c1. The molecule has 81 valence electrons. The van der Waals surface area contributed by atoms with Crippen LogP contribution in [0.25, 0.3) is 11.1 Å². The third kappa shape index (κ3) is 1.88. The lowest BCUT2D eigenvalue weighted by Crippen LogP contribution is -1.90. The zero-order valence-corrected chi connectivity index (χ0v) is 10.4. The van der Waals surface area contributed by atoms with Crippen LogP contribution in [-0.4, -0.2) is 0 Å². The minimum absolute atomic E-state index is 1.23. The van der Waals surface area contributed by atoms with Gasteiger partial charge < -0.3 is 0 Å². The molecule has 0 saturated carbocycles. The van der Waals surface area contributed by atoms with Gasteiger partial charge in [0.25, 0.3) is 0 Å². The van der Waals surface area contributed by atoms with E-state index in [9.17, 15) is 0 Å². The van der Waals surface area contributed by atoms with Gasteiger partial charge in [-0.2, -0.15) is 0 Å². The molecule has 0 fully saturated rings. The van der Waals surface area contributed by atoms with E-state index in [2.05, 4.69) is 58.0 Å². The van der Waals surface area contributed by atoms with Gasteiger partial charge in [0.15, 0.2) is 0 Å². The minimum atomic E-state index is 1.23. The fourth-order valence-electron chi connectivity index (χ4n) is 2.00. The van der Waals surface area contributed by atoms with Gasteiger partial charge in [-0.15, -0.1) is 0 Å². The Morgan fingerprint density at radius 1 is 0.875 bits per heavy atom. The Morgan fingerprint density at radius 2 is 1.62 bits per heavy atom. The zero-order valence-electron chi connectivity index (χ0n) is 10.4. The van der Waals surface area contributed by atoms with Gasteiger partial charge >= 0.3 is 0 Å². The van der Waals surface area contributed by atoms with Crippen LogP contribution in [0.1, 0.15) is 22.3 Å². The summed E-state index contributed by atoms with van der Waals surface area (Å²) in [7, 11) is 0. The fraction of sp³-hybridized carbons (Fsp3) is 0.250. The zero-order chi connectivity index (χ0) is 11.7. The van der Waals surface area contributed by atoms with E-state index >= 15 is 0 Å². The van der Waals surface area contributed by atoms with Crippen molar-refractivity contribution >= 4 is 0 Å². The quantitative estimate of drug-likeness (QED) is 0.653. The summed E-state index contributed by atoms with van der Waals surface area (Å²) in [5.74, 6) is 0. The predicted octanol–water partition coefficient (Wildman–Crippen LogP) is 4.39. The fourth-order valence-corrected chi connectivity index (χ4v) is 2.00. The molecule has 0 amide bonds. The Balaban J connectivity index is 2.67. The molecule has 2 aromatic carbocycles. The van der Waals surface area contributed by atoms with Crippen molar-refractivity contribution in [3.8, 4) is 11.1 Å².